The molecule has 10 rings (SSSR count). The topological polar surface area (TPSA) is 30.7 Å². The van der Waals surface area contributed by atoms with Crippen LogP contribution in [0.4, 0.5) is 0 Å². The van der Waals surface area contributed by atoms with Crippen LogP contribution in [0.2, 0.25) is 0 Å². The van der Waals surface area contributed by atoms with Crippen LogP contribution in [0.1, 0.15) is 0 Å². The summed E-state index contributed by atoms with van der Waals surface area (Å²) >= 11 is 0. The molecule has 0 aliphatic heterocycles. The standard InChI is InChI=1S/C50H33N3/c1-4-14-34(15-5-1)35-24-26-36(27-25-35)46-33-47(52-50(51-46)37-16-6-2-7-17-37)43-30-29-40(41-20-10-11-21-42(41)43)38-28-31-49-45(32-38)44-22-12-13-23-48(44)53(49)39-18-8-3-9-19-39/h1-33H. The number of aromatic nitrogens is 3. The van der Waals surface area contributed by atoms with Gasteiger partial charge in [0, 0.05) is 33.2 Å². The molecule has 10 aromatic rings. The third kappa shape index (κ3) is 5.47. The van der Waals surface area contributed by atoms with Gasteiger partial charge < -0.3 is 4.57 Å². The molecule has 0 radical (unpaired) electrons. The maximum Gasteiger partial charge on any atom is 0.160 e. The van der Waals surface area contributed by atoms with Crippen molar-refractivity contribution in [2.45, 2.75) is 0 Å². The van der Waals surface area contributed by atoms with Crippen molar-refractivity contribution < 1.29 is 0 Å². The Morgan fingerprint density at radius 3 is 1.55 bits per heavy atom. The monoisotopic (exact) mass is 675 g/mol. The van der Waals surface area contributed by atoms with Gasteiger partial charge in [-0.2, -0.15) is 0 Å². The highest BCUT2D eigenvalue weighted by molar-refractivity contribution is 6.12. The average molecular weight is 676 g/mol. The van der Waals surface area contributed by atoms with Crippen LogP contribution >= 0.6 is 0 Å². The molecule has 0 saturated carbocycles. The molecule has 3 heteroatoms. The van der Waals surface area contributed by atoms with Gasteiger partial charge in [0.2, 0.25) is 0 Å². The van der Waals surface area contributed by atoms with Gasteiger partial charge in [0.1, 0.15) is 0 Å². The third-order valence-corrected chi connectivity index (χ3v) is 10.2. The minimum absolute atomic E-state index is 0.707. The van der Waals surface area contributed by atoms with E-state index >= 15 is 0 Å². The van der Waals surface area contributed by atoms with Crippen LogP contribution in [0.15, 0.2) is 200 Å². The molecule has 0 spiro atoms. The third-order valence-electron chi connectivity index (χ3n) is 10.2. The molecule has 0 saturated heterocycles. The highest BCUT2D eigenvalue weighted by Crippen LogP contribution is 2.40. The normalized spacial score (nSPS) is 11.4. The van der Waals surface area contributed by atoms with Gasteiger partial charge in [0.15, 0.2) is 5.82 Å². The van der Waals surface area contributed by atoms with Gasteiger partial charge in [0.25, 0.3) is 0 Å². The van der Waals surface area contributed by atoms with Crippen molar-refractivity contribution in [2.24, 2.45) is 0 Å². The minimum atomic E-state index is 0.707. The predicted octanol–water partition coefficient (Wildman–Crippen LogP) is 13.1. The van der Waals surface area contributed by atoms with Crippen LogP contribution in [0.25, 0.3) is 94.4 Å². The molecule has 3 nitrogen and oxygen atoms in total. The molecule has 0 N–H and O–H groups in total. The molecule has 2 heterocycles. The van der Waals surface area contributed by atoms with Gasteiger partial charge in [0.05, 0.1) is 22.4 Å². The lowest BCUT2D eigenvalue weighted by Crippen LogP contribution is -1.97. The van der Waals surface area contributed by atoms with Gasteiger partial charge >= 0.3 is 0 Å². The van der Waals surface area contributed by atoms with Crippen molar-refractivity contribution >= 4 is 32.6 Å². The Balaban J connectivity index is 1.12. The first-order valence-electron chi connectivity index (χ1n) is 18.0. The largest absolute Gasteiger partial charge is 0.309 e. The summed E-state index contributed by atoms with van der Waals surface area (Å²) in [7, 11) is 0. The van der Waals surface area contributed by atoms with Gasteiger partial charge in [-0.3, -0.25) is 0 Å². The number of nitrogens with zero attached hydrogens (tertiary/aromatic N) is 3. The van der Waals surface area contributed by atoms with E-state index in [0.717, 1.165) is 39.2 Å². The fraction of sp³-hybridized carbons (Fsp3) is 0. The van der Waals surface area contributed by atoms with Crippen LogP contribution < -0.4 is 0 Å². The molecule has 2 aromatic heterocycles. The Hall–Kier alpha value is -7.10. The van der Waals surface area contributed by atoms with Crippen LogP contribution in [0.5, 0.6) is 0 Å². The SMILES string of the molecule is c1ccc(-c2ccc(-c3cc(-c4ccc(-c5ccc6c(c5)c5ccccc5n6-c5ccccc5)c5ccccc45)nc(-c4ccccc4)n3)cc2)cc1. The Morgan fingerprint density at radius 1 is 0.302 bits per heavy atom. The van der Waals surface area contributed by atoms with Crippen molar-refractivity contribution in [1.29, 1.82) is 0 Å². The van der Waals surface area contributed by atoms with Gasteiger partial charge in [-0.25, -0.2) is 9.97 Å². The molecule has 0 fully saturated rings. The molecule has 0 unspecified atom stereocenters. The van der Waals surface area contributed by atoms with Crippen LogP contribution in [0, 0.1) is 0 Å². The molecule has 53 heavy (non-hydrogen) atoms. The zero-order valence-corrected chi connectivity index (χ0v) is 28.9. The fourth-order valence-electron chi connectivity index (χ4n) is 7.68. The van der Waals surface area contributed by atoms with E-state index < -0.39 is 0 Å². The van der Waals surface area contributed by atoms with Crippen molar-refractivity contribution in [2.75, 3.05) is 0 Å². The Labute approximate surface area is 308 Å². The van der Waals surface area contributed by atoms with E-state index in [0.29, 0.717) is 5.82 Å². The van der Waals surface area contributed by atoms with E-state index in [2.05, 4.69) is 180 Å². The minimum Gasteiger partial charge on any atom is -0.309 e. The van der Waals surface area contributed by atoms with E-state index in [1.54, 1.807) is 0 Å². The lowest BCUT2D eigenvalue weighted by molar-refractivity contribution is 1.18. The highest BCUT2D eigenvalue weighted by atomic mass is 15.0. The zero-order chi connectivity index (χ0) is 35.1. The fourth-order valence-corrected chi connectivity index (χ4v) is 7.68. The smallest absolute Gasteiger partial charge is 0.160 e. The second kappa shape index (κ2) is 12.9. The number of rotatable bonds is 6. The van der Waals surface area contributed by atoms with Crippen LogP contribution in [-0.4, -0.2) is 14.5 Å². The molecule has 0 atom stereocenters. The number of hydrogen-bond donors (Lipinski definition) is 0. The zero-order valence-electron chi connectivity index (χ0n) is 28.9. The molecule has 0 aliphatic carbocycles. The molecule has 248 valence electrons. The predicted molar refractivity (Wildman–Crippen MR) is 221 cm³/mol. The summed E-state index contributed by atoms with van der Waals surface area (Å²) in [6, 6.07) is 70.9. The van der Waals surface area contributed by atoms with Crippen molar-refractivity contribution in [3.63, 3.8) is 0 Å². The van der Waals surface area contributed by atoms with Gasteiger partial charge in [-0.1, -0.05) is 164 Å². The molecule has 0 aliphatic rings. The first-order chi connectivity index (χ1) is 26.3. The number of fused-ring (bicyclic) bond motifs is 4. The Kier molecular flexibility index (Phi) is 7.47. The van der Waals surface area contributed by atoms with Crippen LogP contribution in [-0.2, 0) is 0 Å². The summed E-state index contributed by atoms with van der Waals surface area (Å²) in [5, 5.41) is 4.82. The molecular weight excluding hydrogens is 643 g/mol. The second-order valence-electron chi connectivity index (χ2n) is 13.4. The maximum absolute atomic E-state index is 5.21. The summed E-state index contributed by atoms with van der Waals surface area (Å²) in [6.45, 7) is 0. The van der Waals surface area contributed by atoms with Crippen molar-refractivity contribution in [1.82, 2.24) is 14.5 Å². The Morgan fingerprint density at radius 2 is 0.811 bits per heavy atom. The quantitative estimate of drug-likeness (QED) is 0.176. The molecule has 0 amide bonds. The van der Waals surface area contributed by atoms with E-state index in [-0.39, 0.29) is 0 Å². The average Bonchev–Trinajstić information content (AvgIpc) is 3.58. The van der Waals surface area contributed by atoms with Crippen molar-refractivity contribution in [3.8, 4) is 61.8 Å². The van der Waals surface area contributed by atoms with Gasteiger partial charge in [-0.05, 0) is 69.4 Å². The first-order valence-corrected chi connectivity index (χ1v) is 18.0. The molecule has 8 aromatic carbocycles. The number of benzene rings is 8. The number of para-hydroxylation sites is 2. The number of hydrogen-bond acceptors (Lipinski definition) is 2. The summed E-state index contributed by atoms with van der Waals surface area (Å²) in [5.41, 5.74) is 13.2. The van der Waals surface area contributed by atoms with E-state index in [4.69, 9.17) is 9.97 Å². The second-order valence-corrected chi connectivity index (χ2v) is 13.4. The van der Waals surface area contributed by atoms with Gasteiger partial charge in [-0.15, -0.1) is 0 Å². The summed E-state index contributed by atoms with van der Waals surface area (Å²) in [5.74, 6) is 0.707. The van der Waals surface area contributed by atoms with E-state index in [9.17, 15) is 0 Å². The lowest BCUT2D eigenvalue weighted by atomic mass is 9.92. The van der Waals surface area contributed by atoms with E-state index in [1.165, 1.54) is 49.4 Å². The van der Waals surface area contributed by atoms with E-state index in [1.807, 2.05) is 24.3 Å². The first kappa shape index (κ1) is 30.7. The van der Waals surface area contributed by atoms with Crippen LogP contribution in [0.3, 0.4) is 0 Å². The Bertz CT molecular complexity index is 2910. The molecular formula is C50H33N3. The summed E-state index contributed by atoms with van der Waals surface area (Å²) in [6.07, 6.45) is 0. The highest BCUT2D eigenvalue weighted by Gasteiger charge is 2.17. The summed E-state index contributed by atoms with van der Waals surface area (Å²) in [4.78, 5) is 10.3. The maximum atomic E-state index is 5.21. The van der Waals surface area contributed by atoms with Crippen molar-refractivity contribution in [3.05, 3.63) is 200 Å². The molecule has 0 bridgehead atoms. The lowest BCUT2D eigenvalue weighted by Gasteiger charge is -2.14. The summed E-state index contributed by atoms with van der Waals surface area (Å²) < 4.78 is 2.36.